The fourth-order valence-electron chi connectivity index (χ4n) is 3.42. The lowest BCUT2D eigenvalue weighted by Crippen LogP contribution is -2.50. The van der Waals surface area contributed by atoms with E-state index in [9.17, 15) is 8.42 Å². The maximum atomic E-state index is 12.7. The van der Waals surface area contributed by atoms with Crippen molar-refractivity contribution in [2.45, 2.75) is 37.6 Å². The second-order valence-electron chi connectivity index (χ2n) is 5.77. The van der Waals surface area contributed by atoms with Gasteiger partial charge in [-0.15, -0.1) is 23.7 Å². The molecule has 7 heteroatoms. The monoisotopic (exact) mass is 336 g/mol. The SMILES string of the molecule is Cc1cc(S(=O)(=O)N2C[C@H]3CC[C@@H](C2)C3N)c(C)s1.Cl. The molecule has 0 amide bonds. The maximum absolute atomic E-state index is 12.7. The average molecular weight is 337 g/mol. The van der Waals surface area contributed by atoms with Gasteiger partial charge in [-0.25, -0.2) is 8.42 Å². The molecule has 0 aromatic carbocycles. The first-order valence-electron chi connectivity index (χ1n) is 6.72. The number of hydrogen-bond donors (Lipinski definition) is 1. The van der Waals surface area contributed by atoms with Crippen molar-refractivity contribution in [3.05, 3.63) is 15.8 Å². The highest BCUT2D eigenvalue weighted by atomic mass is 35.5. The standard InChI is InChI=1S/C13H20N2O2S2.ClH/c1-8-5-12(9(2)18-8)19(16,17)15-6-10-3-4-11(7-15)13(10)14;/h5,10-11,13H,3-4,6-7,14H2,1-2H3;1H/t10-,11+,13?;. The summed E-state index contributed by atoms with van der Waals surface area (Å²) in [4.78, 5) is 2.43. The van der Waals surface area contributed by atoms with Crippen molar-refractivity contribution >= 4 is 33.8 Å². The molecular weight excluding hydrogens is 316 g/mol. The van der Waals surface area contributed by atoms with Gasteiger partial charge >= 0.3 is 0 Å². The van der Waals surface area contributed by atoms with Gasteiger partial charge in [0.05, 0.1) is 4.90 Å². The molecule has 1 aliphatic carbocycles. The van der Waals surface area contributed by atoms with E-state index in [2.05, 4.69) is 0 Å². The van der Waals surface area contributed by atoms with E-state index in [1.54, 1.807) is 21.7 Å². The number of hydrogen-bond acceptors (Lipinski definition) is 4. The molecule has 2 fully saturated rings. The van der Waals surface area contributed by atoms with Crippen molar-refractivity contribution in [1.82, 2.24) is 4.31 Å². The Morgan fingerprint density at radius 1 is 1.25 bits per heavy atom. The van der Waals surface area contributed by atoms with Crippen LogP contribution in [-0.4, -0.2) is 31.9 Å². The zero-order chi connectivity index (χ0) is 13.8. The van der Waals surface area contributed by atoms with Gasteiger partial charge < -0.3 is 5.73 Å². The quantitative estimate of drug-likeness (QED) is 0.900. The van der Waals surface area contributed by atoms with Crippen LogP contribution in [-0.2, 0) is 10.0 Å². The molecule has 3 atom stereocenters. The Morgan fingerprint density at radius 2 is 1.80 bits per heavy atom. The molecule has 1 aliphatic heterocycles. The van der Waals surface area contributed by atoms with Gasteiger partial charge in [0.1, 0.15) is 0 Å². The fraction of sp³-hybridized carbons (Fsp3) is 0.692. The van der Waals surface area contributed by atoms with Crippen LogP contribution in [0.3, 0.4) is 0 Å². The lowest BCUT2D eigenvalue weighted by atomic mass is 9.95. The number of rotatable bonds is 2. The molecule has 1 aromatic heterocycles. The zero-order valence-corrected chi connectivity index (χ0v) is 14.2. The van der Waals surface area contributed by atoms with Crippen molar-refractivity contribution in [2.24, 2.45) is 17.6 Å². The van der Waals surface area contributed by atoms with Crippen LogP contribution in [0.25, 0.3) is 0 Å². The maximum Gasteiger partial charge on any atom is 0.244 e. The van der Waals surface area contributed by atoms with E-state index in [0.29, 0.717) is 29.8 Å². The van der Waals surface area contributed by atoms with Crippen LogP contribution < -0.4 is 5.73 Å². The number of thiophene rings is 1. The van der Waals surface area contributed by atoms with Gasteiger partial charge in [0.25, 0.3) is 0 Å². The first kappa shape index (κ1) is 16.2. The normalized spacial score (nSPS) is 30.2. The molecule has 1 aromatic rings. The molecule has 0 spiro atoms. The summed E-state index contributed by atoms with van der Waals surface area (Å²) in [5.74, 6) is 0.683. The second-order valence-corrected chi connectivity index (χ2v) is 9.14. The van der Waals surface area contributed by atoms with Crippen molar-refractivity contribution in [3.8, 4) is 0 Å². The van der Waals surface area contributed by atoms with E-state index < -0.39 is 10.0 Å². The largest absolute Gasteiger partial charge is 0.327 e. The summed E-state index contributed by atoms with van der Waals surface area (Å²) < 4.78 is 27.1. The van der Waals surface area contributed by atoms with Gasteiger partial charge in [0, 0.05) is 28.9 Å². The van der Waals surface area contributed by atoms with E-state index in [4.69, 9.17) is 5.73 Å². The van der Waals surface area contributed by atoms with Crippen LogP contribution in [0.5, 0.6) is 0 Å². The molecule has 20 heavy (non-hydrogen) atoms. The topological polar surface area (TPSA) is 63.4 Å². The average Bonchev–Trinajstić information content (AvgIpc) is 2.75. The summed E-state index contributed by atoms with van der Waals surface area (Å²) in [5, 5.41) is 0. The molecule has 0 radical (unpaired) electrons. The Bertz CT molecular complexity index is 586. The fourth-order valence-corrected chi connectivity index (χ4v) is 6.50. The van der Waals surface area contributed by atoms with E-state index in [1.165, 1.54) is 0 Å². The predicted molar refractivity (Wildman–Crippen MR) is 84.0 cm³/mol. The predicted octanol–water partition coefficient (Wildman–Crippen LogP) is 2.14. The summed E-state index contributed by atoms with van der Waals surface area (Å²) in [7, 11) is -3.33. The van der Waals surface area contributed by atoms with Gasteiger partial charge in [-0.1, -0.05) is 0 Å². The third-order valence-electron chi connectivity index (χ3n) is 4.49. The van der Waals surface area contributed by atoms with Gasteiger partial charge in [-0.3, -0.25) is 0 Å². The van der Waals surface area contributed by atoms with Crippen molar-refractivity contribution in [3.63, 3.8) is 0 Å². The molecule has 2 aliphatic rings. The molecule has 2 N–H and O–H groups in total. The minimum atomic E-state index is -3.33. The van der Waals surface area contributed by atoms with Gasteiger partial charge in [0.2, 0.25) is 10.0 Å². The Balaban J connectivity index is 0.00000147. The molecule has 2 bridgehead atoms. The van der Waals surface area contributed by atoms with E-state index in [-0.39, 0.29) is 18.4 Å². The van der Waals surface area contributed by atoms with Gasteiger partial charge in [-0.05, 0) is 44.6 Å². The summed E-state index contributed by atoms with van der Waals surface area (Å²) in [6.07, 6.45) is 2.14. The molecule has 1 saturated carbocycles. The first-order valence-corrected chi connectivity index (χ1v) is 8.98. The summed E-state index contributed by atoms with van der Waals surface area (Å²) in [6, 6.07) is 1.99. The van der Waals surface area contributed by atoms with Crippen molar-refractivity contribution in [2.75, 3.05) is 13.1 Å². The Kier molecular flexibility index (Phi) is 4.52. The number of nitrogens with zero attached hydrogens (tertiary/aromatic N) is 1. The number of aryl methyl sites for hydroxylation is 2. The molecule has 2 heterocycles. The zero-order valence-electron chi connectivity index (χ0n) is 11.7. The van der Waals surface area contributed by atoms with Gasteiger partial charge in [0.15, 0.2) is 0 Å². The second kappa shape index (κ2) is 5.57. The number of nitrogens with two attached hydrogens (primary N) is 1. The van der Waals surface area contributed by atoms with E-state index in [0.717, 1.165) is 22.6 Å². The molecule has 3 rings (SSSR count). The third kappa shape index (κ3) is 2.52. The smallest absolute Gasteiger partial charge is 0.244 e. The van der Waals surface area contributed by atoms with Crippen LogP contribution >= 0.6 is 23.7 Å². The minimum Gasteiger partial charge on any atom is -0.327 e. The summed E-state index contributed by atoms with van der Waals surface area (Å²) >= 11 is 1.55. The van der Waals surface area contributed by atoms with Crippen molar-refractivity contribution < 1.29 is 8.42 Å². The summed E-state index contributed by atoms with van der Waals surface area (Å²) in [6.45, 7) is 5.02. The van der Waals surface area contributed by atoms with Crippen LogP contribution in [0.4, 0.5) is 0 Å². The molecule has 1 saturated heterocycles. The van der Waals surface area contributed by atoms with Crippen LogP contribution in [0.2, 0.25) is 0 Å². The number of piperidine rings is 1. The highest BCUT2D eigenvalue weighted by Crippen LogP contribution is 2.38. The highest BCUT2D eigenvalue weighted by Gasteiger charge is 2.44. The third-order valence-corrected chi connectivity index (χ3v) is 7.54. The van der Waals surface area contributed by atoms with Gasteiger partial charge in [-0.2, -0.15) is 4.31 Å². The molecule has 114 valence electrons. The minimum absolute atomic E-state index is 0. The highest BCUT2D eigenvalue weighted by molar-refractivity contribution is 7.89. The lowest BCUT2D eigenvalue weighted by Gasteiger charge is -2.35. The Morgan fingerprint density at radius 3 is 2.25 bits per heavy atom. The number of sulfonamides is 1. The molecule has 4 nitrogen and oxygen atoms in total. The van der Waals surface area contributed by atoms with Crippen LogP contribution in [0, 0.1) is 25.7 Å². The van der Waals surface area contributed by atoms with Crippen LogP contribution in [0.1, 0.15) is 22.6 Å². The van der Waals surface area contributed by atoms with Crippen LogP contribution in [0.15, 0.2) is 11.0 Å². The number of fused-ring (bicyclic) bond motifs is 2. The Labute approximate surface area is 130 Å². The molecule has 1 unspecified atom stereocenters. The number of halogens is 1. The lowest BCUT2D eigenvalue weighted by molar-refractivity contribution is 0.228. The molecular formula is C13H21ClN2O2S2. The Hall–Kier alpha value is -0.140. The van der Waals surface area contributed by atoms with E-state index in [1.807, 2.05) is 13.8 Å². The summed E-state index contributed by atoms with van der Waals surface area (Å²) in [5.41, 5.74) is 6.14. The van der Waals surface area contributed by atoms with E-state index >= 15 is 0 Å². The van der Waals surface area contributed by atoms with Crippen molar-refractivity contribution in [1.29, 1.82) is 0 Å². The first-order chi connectivity index (χ1) is 8.89.